The van der Waals surface area contributed by atoms with Crippen LogP contribution in [0.25, 0.3) is 0 Å². The average molecular weight is 301 g/mol. The number of hydrogen-bond acceptors (Lipinski definition) is 4. The minimum absolute atomic E-state index is 0.222. The third-order valence-corrected chi connectivity index (χ3v) is 3.31. The number of carbonyl (C=O) groups is 2. The van der Waals surface area contributed by atoms with Crippen molar-refractivity contribution >= 4 is 12.1 Å². The number of nitrogens with zero attached hydrogens (tertiary/aromatic N) is 1. The molecule has 1 unspecified atom stereocenters. The van der Waals surface area contributed by atoms with Crippen molar-refractivity contribution in [3.05, 3.63) is 0 Å². The zero-order chi connectivity index (χ0) is 16.6. The molecule has 1 aliphatic rings. The van der Waals surface area contributed by atoms with Gasteiger partial charge in [0.2, 0.25) is 5.79 Å². The first-order valence-corrected chi connectivity index (χ1v) is 7.28. The van der Waals surface area contributed by atoms with E-state index in [1.807, 2.05) is 13.8 Å². The summed E-state index contributed by atoms with van der Waals surface area (Å²) in [5.41, 5.74) is -0.637. The van der Waals surface area contributed by atoms with Crippen LogP contribution in [-0.2, 0) is 14.3 Å². The molecule has 0 aromatic carbocycles. The minimum Gasteiger partial charge on any atom is -0.465 e. The zero-order valence-electron chi connectivity index (χ0n) is 14.0. The molecule has 6 heteroatoms. The second-order valence-corrected chi connectivity index (χ2v) is 7.38. The van der Waals surface area contributed by atoms with E-state index in [1.54, 1.807) is 34.6 Å². The molecule has 1 amide bonds. The molecular formula is C15H27NO5. The Balaban J connectivity index is 3.16. The minimum atomic E-state index is -1.06. The zero-order valence-corrected chi connectivity index (χ0v) is 14.0. The fourth-order valence-corrected chi connectivity index (χ4v) is 2.69. The first-order valence-electron chi connectivity index (χ1n) is 7.28. The second kappa shape index (κ2) is 5.83. The van der Waals surface area contributed by atoms with Crippen LogP contribution in [0.1, 0.15) is 54.9 Å². The highest BCUT2D eigenvalue weighted by Gasteiger charge is 2.50. The maximum absolute atomic E-state index is 12.1. The van der Waals surface area contributed by atoms with Crippen molar-refractivity contribution < 1.29 is 24.2 Å². The summed E-state index contributed by atoms with van der Waals surface area (Å²) in [5.74, 6) is -1.29. The van der Waals surface area contributed by atoms with Gasteiger partial charge in [-0.3, -0.25) is 4.90 Å². The van der Waals surface area contributed by atoms with Gasteiger partial charge in [-0.25, -0.2) is 9.59 Å². The molecule has 1 aliphatic heterocycles. The Kier molecular flexibility index (Phi) is 4.93. The van der Waals surface area contributed by atoms with Crippen LogP contribution >= 0.6 is 0 Å². The van der Waals surface area contributed by atoms with E-state index in [1.165, 1.54) is 4.90 Å². The van der Waals surface area contributed by atoms with Crippen molar-refractivity contribution in [1.82, 2.24) is 4.90 Å². The molecular weight excluding hydrogens is 274 g/mol. The molecule has 21 heavy (non-hydrogen) atoms. The van der Waals surface area contributed by atoms with Crippen molar-refractivity contribution in [3.8, 4) is 0 Å². The number of ether oxygens (including phenoxy) is 2. The lowest BCUT2D eigenvalue weighted by atomic mass is 9.93. The van der Waals surface area contributed by atoms with Gasteiger partial charge < -0.3 is 14.6 Å². The van der Waals surface area contributed by atoms with Gasteiger partial charge in [0, 0.05) is 19.4 Å². The molecule has 2 atom stereocenters. The monoisotopic (exact) mass is 301 g/mol. The molecule has 1 rings (SSSR count). The Labute approximate surface area is 126 Å². The van der Waals surface area contributed by atoms with Crippen molar-refractivity contribution in [2.75, 3.05) is 0 Å². The van der Waals surface area contributed by atoms with Gasteiger partial charge in [0.1, 0.15) is 0 Å². The summed E-state index contributed by atoms with van der Waals surface area (Å²) >= 11 is 0. The van der Waals surface area contributed by atoms with E-state index >= 15 is 0 Å². The number of esters is 1. The molecule has 0 aromatic rings. The third kappa shape index (κ3) is 4.33. The molecule has 1 N–H and O–H groups in total. The number of rotatable bonds is 4. The van der Waals surface area contributed by atoms with Crippen molar-refractivity contribution in [2.24, 2.45) is 5.92 Å². The fraction of sp³-hybridized carbons (Fsp3) is 0.867. The summed E-state index contributed by atoms with van der Waals surface area (Å²) in [4.78, 5) is 25.1. The number of hydrogen-bond donors (Lipinski definition) is 1. The Morgan fingerprint density at radius 1 is 1.38 bits per heavy atom. The summed E-state index contributed by atoms with van der Waals surface area (Å²) in [7, 11) is 0. The van der Waals surface area contributed by atoms with E-state index < -0.39 is 35.5 Å². The highest BCUT2D eigenvalue weighted by Crippen LogP contribution is 2.33. The predicted octanol–water partition coefficient (Wildman–Crippen LogP) is 2.86. The first kappa shape index (κ1) is 17.8. The number of carbonyl (C=O) groups excluding carboxylic acids is 1. The topological polar surface area (TPSA) is 76.1 Å². The fourth-order valence-electron chi connectivity index (χ4n) is 2.69. The standard InChI is InChI=1S/C15H27NO5/c1-9(2)8-10(16(13(18)19)14(3,4)5)11-12(17)21-15(6,7)20-11/h9-11H,8H2,1-7H3,(H,18,19)/t10?,11-/m0/s1. The van der Waals surface area contributed by atoms with Gasteiger partial charge in [-0.15, -0.1) is 0 Å². The number of amides is 1. The van der Waals surface area contributed by atoms with Crippen LogP contribution in [-0.4, -0.2) is 45.5 Å². The average Bonchev–Trinajstić information content (AvgIpc) is 2.47. The summed E-state index contributed by atoms with van der Waals surface area (Å²) in [5, 5.41) is 9.59. The Bertz CT molecular complexity index is 411. The number of carboxylic acid groups (broad SMARTS) is 1. The highest BCUT2D eigenvalue weighted by molar-refractivity contribution is 5.79. The van der Waals surface area contributed by atoms with Gasteiger partial charge in [-0.1, -0.05) is 13.8 Å². The molecule has 0 spiro atoms. The molecule has 0 aliphatic carbocycles. The van der Waals surface area contributed by atoms with Crippen molar-refractivity contribution in [2.45, 2.75) is 78.4 Å². The van der Waals surface area contributed by atoms with Gasteiger partial charge in [-0.05, 0) is 33.1 Å². The quantitative estimate of drug-likeness (QED) is 0.808. The van der Waals surface area contributed by atoms with Crippen molar-refractivity contribution in [3.63, 3.8) is 0 Å². The summed E-state index contributed by atoms with van der Waals surface area (Å²) in [6, 6.07) is -0.572. The van der Waals surface area contributed by atoms with Crippen LogP contribution in [0, 0.1) is 5.92 Å². The molecule has 1 saturated heterocycles. The summed E-state index contributed by atoms with van der Waals surface area (Å²) < 4.78 is 10.9. The SMILES string of the molecule is CC(C)CC([C@@H]1OC(C)(C)OC1=O)N(C(=O)O)C(C)(C)C. The van der Waals surface area contributed by atoms with E-state index in [-0.39, 0.29) is 5.92 Å². The number of cyclic esters (lactones) is 1. The van der Waals surface area contributed by atoms with Gasteiger partial charge in [0.05, 0.1) is 6.04 Å². The molecule has 0 saturated carbocycles. The van der Waals surface area contributed by atoms with Gasteiger partial charge in [0.25, 0.3) is 0 Å². The van der Waals surface area contributed by atoms with E-state index in [9.17, 15) is 14.7 Å². The van der Waals surface area contributed by atoms with Gasteiger partial charge >= 0.3 is 12.1 Å². The lowest BCUT2D eigenvalue weighted by Gasteiger charge is -2.41. The summed E-state index contributed by atoms with van der Waals surface area (Å²) in [6.45, 7) is 12.7. The Morgan fingerprint density at radius 3 is 2.19 bits per heavy atom. The van der Waals surface area contributed by atoms with Crippen LogP contribution in [0.5, 0.6) is 0 Å². The first-order chi connectivity index (χ1) is 9.35. The van der Waals surface area contributed by atoms with Crippen LogP contribution in [0.15, 0.2) is 0 Å². The van der Waals surface area contributed by atoms with Crippen LogP contribution in [0.3, 0.4) is 0 Å². The largest absolute Gasteiger partial charge is 0.465 e. The molecule has 0 radical (unpaired) electrons. The van der Waals surface area contributed by atoms with E-state index in [4.69, 9.17) is 9.47 Å². The smallest absolute Gasteiger partial charge is 0.408 e. The lowest BCUT2D eigenvalue weighted by Crippen LogP contribution is -2.57. The highest BCUT2D eigenvalue weighted by atomic mass is 16.8. The van der Waals surface area contributed by atoms with Gasteiger partial charge in [0.15, 0.2) is 6.10 Å². The van der Waals surface area contributed by atoms with E-state index in [2.05, 4.69) is 0 Å². The van der Waals surface area contributed by atoms with E-state index in [0.717, 1.165) is 0 Å². The van der Waals surface area contributed by atoms with Crippen molar-refractivity contribution in [1.29, 1.82) is 0 Å². The maximum Gasteiger partial charge on any atom is 0.408 e. The van der Waals surface area contributed by atoms with Crippen LogP contribution in [0.2, 0.25) is 0 Å². The van der Waals surface area contributed by atoms with Gasteiger partial charge in [-0.2, -0.15) is 0 Å². The molecule has 6 nitrogen and oxygen atoms in total. The third-order valence-electron chi connectivity index (χ3n) is 3.31. The second-order valence-electron chi connectivity index (χ2n) is 7.38. The molecule has 122 valence electrons. The lowest BCUT2D eigenvalue weighted by molar-refractivity contribution is -0.162. The molecule has 0 aromatic heterocycles. The normalized spacial score (nSPS) is 23.0. The molecule has 0 bridgehead atoms. The molecule has 1 heterocycles. The van der Waals surface area contributed by atoms with E-state index in [0.29, 0.717) is 6.42 Å². The maximum atomic E-state index is 12.1. The Hall–Kier alpha value is -1.30. The van der Waals surface area contributed by atoms with Crippen LogP contribution in [0.4, 0.5) is 4.79 Å². The molecule has 1 fully saturated rings. The predicted molar refractivity (Wildman–Crippen MR) is 77.9 cm³/mol. The Morgan fingerprint density at radius 2 is 1.90 bits per heavy atom. The van der Waals surface area contributed by atoms with Crippen LogP contribution < -0.4 is 0 Å². The summed E-state index contributed by atoms with van der Waals surface area (Å²) in [6.07, 6.45) is -1.42.